The number of benzene rings is 3. The Morgan fingerprint density at radius 2 is 1.60 bits per heavy atom. The number of rotatable bonds is 4. The second-order valence-corrected chi connectivity index (χ2v) is 6.36. The van der Waals surface area contributed by atoms with Crippen molar-refractivity contribution in [3.63, 3.8) is 0 Å². The molecule has 128 valence electrons. The molecule has 0 radical (unpaired) electrons. The maximum atomic E-state index is 10.2. The Hall–Kier alpha value is -2.94. The Labute approximate surface area is 147 Å². The van der Waals surface area contributed by atoms with Crippen LogP contribution in [0.1, 0.15) is 36.5 Å². The predicted molar refractivity (Wildman–Crippen MR) is 103 cm³/mol. The minimum Gasteiger partial charge on any atom is -0.507 e. The first-order valence-electron chi connectivity index (χ1n) is 8.31. The van der Waals surface area contributed by atoms with Crippen LogP contribution in [0.3, 0.4) is 0 Å². The lowest BCUT2D eigenvalue weighted by Crippen LogP contribution is -1.90. The fraction of sp³-hybridized carbons (Fsp3) is 0.182. The highest BCUT2D eigenvalue weighted by atomic mass is 16.5. The van der Waals surface area contributed by atoms with E-state index in [1.165, 1.54) is 0 Å². The lowest BCUT2D eigenvalue weighted by atomic mass is 9.98. The second-order valence-electron chi connectivity index (χ2n) is 6.36. The van der Waals surface area contributed by atoms with Gasteiger partial charge in [-0.3, -0.25) is 0 Å². The number of phenolic OH excluding ortho intramolecular Hbond substituents is 2. The molecule has 0 saturated carbocycles. The second kappa shape index (κ2) is 6.89. The molecule has 2 N–H and O–H groups in total. The van der Waals surface area contributed by atoms with E-state index in [2.05, 4.69) is 6.07 Å². The van der Waals surface area contributed by atoms with Crippen molar-refractivity contribution < 1.29 is 14.9 Å². The van der Waals surface area contributed by atoms with E-state index in [1.54, 1.807) is 19.2 Å². The van der Waals surface area contributed by atoms with Gasteiger partial charge in [-0.25, -0.2) is 0 Å². The zero-order valence-electron chi connectivity index (χ0n) is 14.7. The third-order valence-electron chi connectivity index (χ3n) is 4.33. The van der Waals surface area contributed by atoms with Gasteiger partial charge in [0.1, 0.15) is 17.2 Å². The molecule has 0 heterocycles. The SMILES string of the molecule is COc1ccc2ccccc2c1/C=C/c1cc(O)c(C(C)C)c(O)c1. The minimum absolute atomic E-state index is 0.0520. The van der Waals surface area contributed by atoms with E-state index in [-0.39, 0.29) is 17.4 Å². The molecule has 3 heteroatoms. The molecule has 0 amide bonds. The number of hydrogen-bond acceptors (Lipinski definition) is 3. The predicted octanol–water partition coefficient (Wildman–Crippen LogP) is 5.55. The number of aromatic hydroxyl groups is 2. The molecule has 25 heavy (non-hydrogen) atoms. The van der Waals surface area contributed by atoms with Crippen molar-refractivity contribution in [2.24, 2.45) is 0 Å². The fourth-order valence-electron chi connectivity index (χ4n) is 3.14. The maximum absolute atomic E-state index is 10.2. The van der Waals surface area contributed by atoms with Crippen LogP contribution in [-0.4, -0.2) is 17.3 Å². The quantitative estimate of drug-likeness (QED) is 0.615. The third-order valence-corrected chi connectivity index (χ3v) is 4.33. The monoisotopic (exact) mass is 334 g/mol. The molecule has 0 fully saturated rings. The van der Waals surface area contributed by atoms with Crippen LogP contribution in [0.5, 0.6) is 17.2 Å². The zero-order valence-corrected chi connectivity index (χ0v) is 14.7. The zero-order chi connectivity index (χ0) is 18.0. The van der Waals surface area contributed by atoms with Gasteiger partial charge in [0.05, 0.1) is 7.11 Å². The Balaban J connectivity index is 2.07. The Morgan fingerprint density at radius 1 is 0.920 bits per heavy atom. The first-order chi connectivity index (χ1) is 12.0. The van der Waals surface area contributed by atoms with Crippen molar-refractivity contribution in [2.45, 2.75) is 19.8 Å². The molecule has 3 rings (SSSR count). The van der Waals surface area contributed by atoms with Crippen molar-refractivity contribution in [2.75, 3.05) is 7.11 Å². The Kier molecular flexibility index (Phi) is 4.66. The topological polar surface area (TPSA) is 49.7 Å². The van der Waals surface area contributed by atoms with Gasteiger partial charge >= 0.3 is 0 Å². The van der Waals surface area contributed by atoms with Crippen LogP contribution in [0.15, 0.2) is 48.5 Å². The standard InChI is InChI=1S/C22H22O3/c1-14(2)22-19(23)12-15(13-20(22)24)8-10-18-17-7-5-4-6-16(17)9-11-21(18)25-3/h4-14,23-24H,1-3H3/b10-8+. The summed E-state index contributed by atoms with van der Waals surface area (Å²) in [5.74, 6) is 1.05. The summed E-state index contributed by atoms with van der Waals surface area (Å²) in [7, 11) is 1.65. The average Bonchev–Trinajstić information content (AvgIpc) is 2.58. The van der Waals surface area contributed by atoms with E-state index < -0.39 is 0 Å². The van der Waals surface area contributed by atoms with Crippen LogP contribution < -0.4 is 4.74 Å². The molecule has 0 atom stereocenters. The van der Waals surface area contributed by atoms with Gasteiger partial charge in [-0.15, -0.1) is 0 Å². The molecule has 0 aliphatic rings. The van der Waals surface area contributed by atoms with Crippen LogP contribution in [0.25, 0.3) is 22.9 Å². The fourth-order valence-corrected chi connectivity index (χ4v) is 3.14. The average molecular weight is 334 g/mol. The molecule has 3 nitrogen and oxygen atoms in total. The van der Waals surface area contributed by atoms with E-state index in [1.807, 2.05) is 56.3 Å². The molecular weight excluding hydrogens is 312 g/mol. The van der Waals surface area contributed by atoms with Gasteiger partial charge in [0.25, 0.3) is 0 Å². The van der Waals surface area contributed by atoms with Crippen molar-refractivity contribution in [3.05, 3.63) is 65.2 Å². The van der Waals surface area contributed by atoms with Crippen LogP contribution in [0.4, 0.5) is 0 Å². The van der Waals surface area contributed by atoms with E-state index in [0.717, 1.165) is 27.6 Å². The summed E-state index contributed by atoms with van der Waals surface area (Å²) in [6.45, 7) is 3.87. The van der Waals surface area contributed by atoms with Crippen molar-refractivity contribution in [3.8, 4) is 17.2 Å². The highest BCUT2D eigenvalue weighted by Gasteiger charge is 2.12. The maximum Gasteiger partial charge on any atom is 0.126 e. The van der Waals surface area contributed by atoms with Gasteiger partial charge in [0.15, 0.2) is 0 Å². The van der Waals surface area contributed by atoms with Crippen LogP contribution in [0.2, 0.25) is 0 Å². The van der Waals surface area contributed by atoms with Crippen molar-refractivity contribution in [1.29, 1.82) is 0 Å². The summed E-state index contributed by atoms with van der Waals surface area (Å²) in [6, 6.07) is 15.4. The summed E-state index contributed by atoms with van der Waals surface area (Å²) in [5.41, 5.74) is 2.27. The van der Waals surface area contributed by atoms with Gasteiger partial charge in [-0.2, -0.15) is 0 Å². The van der Waals surface area contributed by atoms with Gasteiger partial charge < -0.3 is 14.9 Å². The lowest BCUT2D eigenvalue weighted by Gasteiger charge is -2.12. The lowest BCUT2D eigenvalue weighted by molar-refractivity contribution is 0.414. The van der Waals surface area contributed by atoms with Gasteiger partial charge in [-0.1, -0.05) is 56.3 Å². The number of ether oxygens (including phenoxy) is 1. The van der Waals surface area contributed by atoms with Crippen LogP contribution >= 0.6 is 0 Å². The number of phenols is 2. The van der Waals surface area contributed by atoms with E-state index >= 15 is 0 Å². The molecule has 0 aliphatic heterocycles. The first-order valence-corrected chi connectivity index (χ1v) is 8.31. The summed E-state index contributed by atoms with van der Waals surface area (Å²) in [4.78, 5) is 0. The molecule has 0 aromatic heterocycles. The largest absolute Gasteiger partial charge is 0.507 e. The van der Waals surface area contributed by atoms with Crippen molar-refractivity contribution in [1.82, 2.24) is 0 Å². The normalized spacial score (nSPS) is 11.5. The Morgan fingerprint density at radius 3 is 2.24 bits per heavy atom. The molecule has 0 spiro atoms. The van der Waals surface area contributed by atoms with Gasteiger partial charge in [0, 0.05) is 11.1 Å². The van der Waals surface area contributed by atoms with E-state index in [4.69, 9.17) is 4.74 Å². The Bertz CT molecular complexity index is 916. The summed E-state index contributed by atoms with van der Waals surface area (Å²) < 4.78 is 5.49. The van der Waals surface area contributed by atoms with Gasteiger partial charge in [-0.05, 0) is 40.5 Å². The molecule has 0 aliphatic carbocycles. The molecule has 0 saturated heterocycles. The molecule has 3 aromatic carbocycles. The molecule has 0 unspecified atom stereocenters. The smallest absolute Gasteiger partial charge is 0.126 e. The van der Waals surface area contributed by atoms with Gasteiger partial charge in [0.2, 0.25) is 0 Å². The number of hydrogen-bond donors (Lipinski definition) is 2. The summed E-state index contributed by atoms with van der Waals surface area (Å²) in [6.07, 6.45) is 3.82. The van der Waals surface area contributed by atoms with E-state index in [9.17, 15) is 10.2 Å². The van der Waals surface area contributed by atoms with Crippen LogP contribution in [0, 0.1) is 0 Å². The molecule has 0 bridgehead atoms. The summed E-state index contributed by atoms with van der Waals surface area (Å²) in [5, 5.41) is 22.6. The highest BCUT2D eigenvalue weighted by Crippen LogP contribution is 2.36. The summed E-state index contributed by atoms with van der Waals surface area (Å²) >= 11 is 0. The van der Waals surface area contributed by atoms with E-state index in [0.29, 0.717) is 5.56 Å². The molecule has 3 aromatic rings. The first kappa shape index (κ1) is 16.9. The minimum atomic E-state index is 0.0520. The number of methoxy groups -OCH3 is 1. The highest BCUT2D eigenvalue weighted by molar-refractivity contribution is 5.95. The third kappa shape index (κ3) is 3.31. The molecular formula is C22H22O3. The number of fused-ring (bicyclic) bond motifs is 1. The van der Waals surface area contributed by atoms with Crippen molar-refractivity contribution >= 4 is 22.9 Å². The van der Waals surface area contributed by atoms with Crippen LogP contribution in [-0.2, 0) is 0 Å².